The predicted molar refractivity (Wildman–Crippen MR) is 114 cm³/mol. The molecule has 1 aliphatic heterocycles. The molecule has 6 heteroatoms. The molecule has 1 saturated heterocycles. The lowest BCUT2D eigenvalue weighted by atomic mass is 10.1. The van der Waals surface area contributed by atoms with Gasteiger partial charge in [0.25, 0.3) is 11.8 Å². The molecule has 154 valence electrons. The van der Waals surface area contributed by atoms with Crippen LogP contribution in [0.15, 0.2) is 48.5 Å². The minimum atomic E-state index is -0.241. The van der Waals surface area contributed by atoms with E-state index in [1.54, 1.807) is 31.4 Å². The van der Waals surface area contributed by atoms with Crippen molar-refractivity contribution in [2.45, 2.75) is 25.8 Å². The molecule has 0 aromatic heterocycles. The molecule has 0 unspecified atom stereocenters. The van der Waals surface area contributed by atoms with Gasteiger partial charge in [-0.15, -0.1) is 0 Å². The van der Waals surface area contributed by atoms with Crippen LogP contribution in [0.2, 0.25) is 0 Å². The molecular weight excluding hydrogens is 366 g/mol. The molecule has 0 aliphatic carbocycles. The SMILES string of the molecule is COCCNC(=O)c1ccccc1NC(=O)c1ccc(CN2CCCCC2)cc1. The normalized spacial score (nSPS) is 14.4. The summed E-state index contributed by atoms with van der Waals surface area (Å²) >= 11 is 0. The third kappa shape index (κ3) is 6.14. The van der Waals surface area contributed by atoms with Crippen LogP contribution in [0, 0.1) is 0 Å². The van der Waals surface area contributed by atoms with E-state index in [4.69, 9.17) is 4.74 Å². The highest BCUT2D eigenvalue weighted by Gasteiger charge is 2.14. The lowest BCUT2D eigenvalue weighted by Gasteiger charge is -2.26. The molecule has 0 atom stereocenters. The van der Waals surface area contributed by atoms with Gasteiger partial charge in [0.2, 0.25) is 0 Å². The second-order valence-electron chi connectivity index (χ2n) is 7.28. The summed E-state index contributed by atoms with van der Waals surface area (Å²) in [6.07, 6.45) is 3.85. The lowest BCUT2D eigenvalue weighted by molar-refractivity contribution is 0.0938. The number of carbonyl (C=O) groups is 2. The molecule has 2 amide bonds. The molecule has 0 bridgehead atoms. The van der Waals surface area contributed by atoms with Crippen LogP contribution in [-0.4, -0.2) is 50.1 Å². The van der Waals surface area contributed by atoms with Crippen molar-refractivity contribution in [3.8, 4) is 0 Å². The Morgan fingerprint density at radius 3 is 2.41 bits per heavy atom. The Balaban J connectivity index is 1.62. The van der Waals surface area contributed by atoms with Crippen LogP contribution in [0.3, 0.4) is 0 Å². The maximum atomic E-state index is 12.7. The van der Waals surface area contributed by atoms with E-state index in [1.807, 2.05) is 24.3 Å². The first-order valence-corrected chi connectivity index (χ1v) is 10.2. The van der Waals surface area contributed by atoms with Gasteiger partial charge in [0.1, 0.15) is 0 Å². The van der Waals surface area contributed by atoms with Gasteiger partial charge in [-0.2, -0.15) is 0 Å². The largest absolute Gasteiger partial charge is 0.383 e. The summed E-state index contributed by atoms with van der Waals surface area (Å²) in [5.74, 6) is -0.471. The number of likely N-dealkylation sites (tertiary alicyclic amines) is 1. The molecule has 6 nitrogen and oxygen atoms in total. The number of piperidine rings is 1. The maximum Gasteiger partial charge on any atom is 0.255 e. The molecule has 1 fully saturated rings. The number of carbonyl (C=O) groups excluding carboxylic acids is 2. The van der Waals surface area contributed by atoms with Gasteiger partial charge in [-0.05, 0) is 55.8 Å². The van der Waals surface area contributed by atoms with Crippen LogP contribution < -0.4 is 10.6 Å². The molecule has 1 aliphatic rings. The van der Waals surface area contributed by atoms with Crippen molar-refractivity contribution in [3.63, 3.8) is 0 Å². The summed E-state index contributed by atoms with van der Waals surface area (Å²) in [7, 11) is 1.58. The first-order valence-electron chi connectivity index (χ1n) is 10.2. The van der Waals surface area contributed by atoms with Crippen molar-refractivity contribution in [1.82, 2.24) is 10.2 Å². The Labute approximate surface area is 172 Å². The number of hydrogen-bond acceptors (Lipinski definition) is 4. The van der Waals surface area contributed by atoms with Crippen LogP contribution in [0.4, 0.5) is 5.69 Å². The van der Waals surface area contributed by atoms with Gasteiger partial charge in [-0.25, -0.2) is 0 Å². The molecule has 2 aromatic rings. The fraction of sp³-hybridized carbons (Fsp3) is 0.391. The summed E-state index contributed by atoms with van der Waals surface area (Å²) < 4.78 is 4.95. The topological polar surface area (TPSA) is 70.7 Å². The van der Waals surface area contributed by atoms with Gasteiger partial charge in [0.15, 0.2) is 0 Å². The highest BCUT2D eigenvalue weighted by atomic mass is 16.5. The number of benzene rings is 2. The first kappa shape index (κ1) is 21.0. The van der Waals surface area contributed by atoms with Crippen LogP contribution in [0.1, 0.15) is 45.5 Å². The monoisotopic (exact) mass is 395 g/mol. The highest BCUT2D eigenvalue weighted by molar-refractivity contribution is 6.09. The summed E-state index contributed by atoms with van der Waals surface area (Å²) in [6.45, 7) is 4.06. The van der Waals surface area contributed by atoms with Crippen molar-refractivity contribution >= 4 is 17.5 Å². The van der Waals surface area contributed by atoms with Crippen LogP contribution in [0.5, 0.6) is 0 Å². The number of amides is 2. The molecule has 1 heterocycles. The second kappa shape index (κ2) is 10.7. The van der Waals surface area contributed by atoms with Gasteiger partial charge >= 0.3 is 0 Å². The van der Waals surface area contributed by atoms with Crippen molar-refractivity contribution in [3.05, 3.63) is 65.2 Å². The van der Waals surface area contributed by atoms with E-state index in [0.29, 0.717) is 30.0 Å². The predicted octanol–water partition coefficient (Wildman–Crippen LogP) is 3.30. The zero-order valence-electron chi connectivity index (χ0n) is 16.9. The average Bonchev–Trinajstić information content (AvgIpc) is 2.75. The Morgan fingerprint density at radius 1 is 0.966 bits per heavy atom. The van der Waals surface area contributed by atoms with Crippen molar-refractivity contribution in [1.29, 1.82) is 0 Å². The Bertz CT molecular complexity index is 814. The highest BCUT2D eigenvalue weighted by Crippen LogP contribution is 2.17. The molecular formula is C23H29N3O3. The van der Waals surface area contributed by atoms with E-state index in [9.17, 15) is 9.59 Å². The zero-order chi connectivity index (χ0) is 20.5. The smallest absolute Gasteiger partial charge is 0.255 e. The van der Waals surface area contributed by atoms with Gasteiger partial charge < -0.3 is 15.4 Å². The van der Waals surface area contributed by atoms with E-state index in [-0.39, 0.29) is 11.8 Å². The molecule has 29 heavy (non-hydrogen) atoms. The van der Waals surface area contributed by atoms with Crippen LogP contribution in [-0.2, 0) is 11.3 Å². The number of nitrogens with one attached hydrogen (secondary N) is 2. The number of para-hydroxylation sites is 1. The van der Waals surface area contributed by atoms with E-state index >= 15 is 0 Å². The Morgan fingerprint density at radius 2 is 1.69 bits per heavy atom. The average molecular weight is 396 g/mol. The number of methoxy groups -OCH3 is 1. The molecule has 3 rings (SSSR count). The van der Waals surface area contributed by atoms with Crippen molar-refractivity contribution in [2.75, 3.05) is 38.7 Å². The fourth-order valence-corrected chi connectivity index (χ4v) is 3.48. The molecule has 0 radical (unpaired) electrons. The molecule has 2 aromatic carbocycles. The van der Waals surface area contributed by atoms with Gasteiger partial charge in [0.05, 0.1) is 17.9 Å². The molecule has 0 saturated carbocycles. The van der Waals surface area contributed by atoms with Crippen LogP contribution in [0.25, 0.3) is 0 Å². The first-order chi connectivity index (χ1) is 14.2. The Hall–Kier alpha value is -2.70. The minimum Gasteiger partial charge on any atom is -0.383 e. The third-order valence-electron chi connectivity index (χ3n) is 5.08. The zero-order valence-corrected chi connectivity index (χ0v) is 16.9. The number of anilines is 1. The second-order valence-corrected chi connectivity index (χ2v) is 7.28. The lowest BCUT2D eigenvalue weighted by Crippen LogP contribution is -2.29. The van der Waals surface area contributed by atoms with E-state index in [2.05, 4.69) is 15.5 Å². The summed E-state index contributed by atoms with van der Waals surface area (Å²) in [4.78, 5) is 27.5. The van der Waals surface area contributed by atoms with E-state index < -0.39 is 0 Å². The number of rotatable bonds is 8. The number of nitrogens with zero attached hydrogens (tertiary/aromatic N) is 1. The summed E-state index contributed by atoms with van der Waals surface area (Å²) in [6, 6.07) is 14.7. The van der Waals surface area contributed by atoms with Crippen molar-refractivity contribution in [2.24, 2.45) is 0 Å². The van der Waals surface area contributed by atoms with Crippen LogP contribution >= 0.6 is 0 Å². The minimum absolute atomic E-state index is 0.230. The van der Waals surface area contributed by atoms with E-state index in [1.165, 1.54) is 24.8 Å². The maximum absolute atomic E-state index is 12.7. The third-order valence-corrected chi connectivity index (χ3v) is 5.08. The van der Waals surface area contributed by atoms with Crippen molar-refractivity contribution < 1.29 is 14.3 Å². The fourth-order valence-electron chi connectivity index (χ4n) is 3.48. The molecule has 0 spiro atoms. The van der Waals surface area contributed by atoms with E-state index in [0.717, 1.165) is 19.6 Å². The van der Waals surface area contributed by atoms with Gasteiger partial charge in [-0.3, -0.25) is 14.5 Å². The van der Waals surface area contributed by atoms with Gasteiger partial charge in [-0.1, -0.05) is 30.7 Å². The summed E-state index contributed by atoms with van der Waals surface area (Å²) in [5, 5.41) is 5.64. The molecule has 2 N–H and O–H groups in total. The quantitative estimate of drug-likeness (QED) is 0.673. The van der Waals surface area contributed by atoms with Gasteiger partial charge in [0, 0.05) is 25.8 Å². The Kier molecular flexibility index (Phi) is 7.78. The summed E-state index contributed by atoms with van der Waals surface area (Å²) in [5.41, 5.74) is 2.70. The standard InChI is InChI=1S/C23H29N3O3/c1-29-16-13-24-23(28)20-7-3-4-8-21(20)25-22(27)19-11-9-18(10-12-19)17-26-14-5-2-6-15-26/h3-4,7-12H,2,5-6,13-17H2,1H3,(H,24,28)(H,25,27). The number of hydrogen-bond donors (Lipinski definition) is 2. The number of ether oxygens (including phenoxy) is 1.